The Hall–Kier alpha value is -1.99. The summed E-state index contributed by atoms with van der Waals surface area (Å²) in [7, 11) is 2.12. The fraction of sp³-hybridized carbons (Fsp3) is 0.357. The van der Waals surface area contributed by atoms with Crippen molar-refractivity contribution in [2.24, 2.45) is 0 Å². The van der Waals surface area contributed by atoms with Crippen LogP contribution < -0.4 is 10.2 Å². The molecule has 2 aromatic heterocycles. The van der Waals surface area contributed by atoms with Crippen LogP contribution in [0.3, 0.4) is 0 Å². The van der Waals surface area contributed by atoms with Crippen LogP contribution in [0.15, 0.2) is 29.6 Å². The molecule has 2 aromatic rings. The van der Waals surface area contributed by atoms with Crippen LogP contribution in [-0.4, -0.2) is 54.2 Å². The summed E-state index contributed by atoms with van der Waals surface area (Å²) in [6, 6.07) is 7.34. The van der Waals surface area contributed by atoms with Gasteiger partial charge in [-0.2, -0.15) is 0 Å². The molecule has 7 heteroatoms. The molecular formula is C14H17N5OS. The Balaban J connectivity index is 1.63. The minimum atomic E-state index is -0.147. The van der Waals surface area contributed by atoms with E-state index in [0.29, 0.717) is 10.7 Å². The first-order valence-corrected chi connectivity index (χ1v) is 7.72. The van der Waals surface area contributed by atoms with Gasteiger partial charge in [0.15, 0.2) is 11.6 Å². The molecule has 3 rings (SSSR count). The van der Waals surface area contributed by atoms with E-state index < -0.39 is 0 Å². The predicted molar refractivity (Wildman–Crippen MR) is 84.0 cm³/mol. The van der Waals surface area contributed by atoms with Crippen molar-refractivity contribution in [1.82, 2.24) is 15.1 Å². The molecule has 0 aliphatic carbocycles. The molecule has 1 saturated heterocycles. The Labute approximate surface area is 127 Å². The molecule has 6 nitrogen and oxygen atoms in total. The van der Waals surface area contributed by atoms with Crippen molar-refractivity contribution in [3.8, 4) is 0 Å². The van der Waals surface area contributed by atoms with Crippen LogP contribution in [0.5, 0.6) is 0 Å². The number of nitrogens with one attached hydrogen (secondary N) is 1. The molecule has 110 valence electrons. The maximum Gasteiger partial charge on any atom is 0.266 e. The van der Waals surface area contributed by atoms with E-state index in [1.165, 1.54) is 11.3 Å². The number of amides is 1. The molecule has 0 radical (unpaired) electrons. The summed E-state index contributed by atoms with van der Waals surface area (Å²) in [6.45, 7) is 3.95. The van der Waals surface area contributed by atoms with Gasteiger partial charge >= 0.3 is 0 Å². The molecule has 0 bridgehead atoms. The van der Waals surface area contributed by atoms with E-state index in [4.69, 9.17) is 0 Å². The van der Waals surface area contributed by atoms with Crippen LogP contribution in [0.4, 0.5) is 11.6 Å². The third kappa shape index (κ3) is 3.37. The van der Waals surface area contributed by atoms with Crippen molar-refractivity contribution in [2.45, 2.75) is 0 Å². The second kappa shape index (κ2) is 6.19. The molecule has 0 spiro atoms. The minimum absolute atomic E-state index is 0.147. The number of likely N-dealkylation sites (N-methyl/N-ethyl adjacent to an activating group) is 1. The number of thiophene rings is 1. The molecule has 1 aliphatic rings. The largest absolute Gasteiger partial charge is 0.353 e. The van der Waals surface area contributed by atoms with Crippen molar-refractivity contribution in [3.05, 3.63) is 34.5 Å². The maximum absolute atomic E-state index is 11.9. The van der Waals surface area contributed by atoms with Gasteiger partial charge in [-0.3, -0.25) is 4.79 Å². The fourth-order valence-electron chi connectivity index (χ4n) is 2.18. The monoisotopic (exact) mass is 303 g/mol. The molecule has 0 atom stereocenters. The lowest BCUT2D eigenvalue weighted by Crippen LogP contribution is -2.44. The van der Waals surface area contributed by atoms with Gasteiger partial charge in [0, 0.05) is 26.2 Å². The zero-order chi connectivity index (χ0) is 14.7. The SMILES string of the molecule is CN1CCN(c2ccc(NC(=O)c3cccs3)nn2)CC1. The lowest BCUT2D eigenvalue weighted by Gasteiger charge is -2.32. The van der Waals surface area contributed by atoms with E-state index in [-0.39, 0.29) is 5.91 Å². The first-order valence-electron chi connectivity index (χ1n) is 6.84. The van der Waals surface area contributed by atoms with Gasteiger partial charge in [-0.1, -0.05) is 6.07 Å². The topological polar surface area (TPSA) is 61.4 Å². The van der Waals surface area contributed by atoms with Crippen molar-refractivity contribution >= 4 is 28.9 Å². The number of hydrogen-bond donors (Lipinski definition) is 1. The van der Waals surface area contributed by atoms with Crippen molar-refractivity contribution in [1.29, 1.82) is 0 Å². The Bertz CT molecular complexity index is 590. The molecule has 1 fully saturated rings. The molecule has 21 heavy (non-hydrogen) atoms. The van der Waals surface area contributed by atoms with Crippen LogP contribution in [0.25, 0.3) is 0 Å². The second-order valence-corrected chi connectivity index (χ2v) is 5.95. The van der Waals surface area contributed by atoms with Crippen LogP contribution >= 0.6 is 11.3 Å². The van der Waals surface area contributed by atoms with Gasteiger partial charge in [-0.25, -0.2) is 0 Å². The second-order valence-electron chi connectivity index (χ2n) is 5.00. The number of piperazine rings is 1. The molecule has 1 amide bonds. The van der Waals surface area contributed by atoms with Crippen LogP contribution in [0, 0.1) is 0 Å². The average molecular weight is 303 g/mol. The minimum Gasteiger partial charge on any atom is -0.353 e. The summed E-state index contributed by atoms with van der Waals surface area (Å²) < 4.78 is 0. The standard InChI is InChI=1S/C14H17N5OS/c1-18-6-8-19(9-7-18)13-5-4-12(16-17-13)15-14(20)11-3-2-10-21-11/h2-5,10H,6-9H2,1H3,(H,15,16,20). The molecular weight excluding hydrogens is 286 g/mol. The number of aromatic nitrogens is 2. The Morgan fingerprint density at radius 1 is 1.19 bits per heavy atom. The third-order valence-corrected chi connectivity index (χ3v) is 4.33. The Kier molecular flexibility index (Phi) is 4.12. The van der Waals surface area contributed by atoms with Crippen molar-refractivity contribution < 1.29 is 4.79 Å². The molecule has 0 saturated carbocycles. The molecule has 0 unspecified atom stereocenters. The van der Waals surface area contributed by atoms with Gasteiger partial charge in [-0.05, 0) is 30.6 Å². The van der Waals surface area contributed by atoms with Crippen molar-refractivity contribution in [2.75, 3.05) is 43.4 Å². The number of carbonyl (C=O) groups is 1. The van der Waals surface area contributed by atoms with E-state index in [1.807, 2.05) is 17.5 Å². The molecule has 1 N–H and O–H groups in total. The molecule has 0 aromatic carbocycles. The van der Waals surface area contributed by atoms with E-state index in [2.05, 4.69) is 32.4 Å². The highest BCUT2D eigenvalue weighted by atomic mass is 32.1. The number of anilines is 2. The smallest absolute Gasteiger partial charge is 0.266 e. The maximum atomic E-state index is 11.9. The summed E-state index contributed by atoms with van der Waals surface area (Å²) in [4.78, 5) is 17.1. The number of rotatable bonds is 3. The van der Waals surface area contributed by atoms with Gasteiger partial charge < -0.3 is 15.1 Å². The lowest BCUT2D eigenvalue weighted by atomic mass is 10.3. The zero-order valence-corrected chi connectivity index (χ0v) is 12.6. The van der Waals surface area contributed by atoms with E-state index >= 15 is 0 Å². The van der Waals surface area contributed by atoms with Gasteiger partial charge in [0.2, 0.25) is 0 Å². The molecule has 1 aliphatic heterocycles. The quantitative estimate of drug-likeness (QED) is 0.932. The van der Waals surface area contributed by atoms with Gasteiger partial charge in [0.05, 0.1) is 4.88 Å². The van der Waals surface area contributed by atoms with Crippen LogP contribution in [0.2, 0.25) is 0 Å². The van der Waals surface area contributed by atoms with Gasteiger partial charge in [0.25, 0.3) is 5.91 Å². The first-order chi connectivity index (χ1) is 10.2. The Morgan fingerprint density at radius 2 is 2.00 bits per heavy atom. The number of hydrogen-bond acceptors (Lipinski definition) is 6. The fourth-order valence-corrected chi connectivity index (χ4v) is 2.80. The third-order valence-electron chi connectivity index (χ3n) is 3.46. The van der Waals surface area contributed by atoms with Crippen LogP contribution in [-0.2, 0) is 0 Å². The number of carbonyl (C=O) groups excluding carboxylic acids is 1. The average Bonchev–Trinajstić information content (AvgIpc) is 3.03. The van der Waals surface area contributed by atoms with Gasteiger partial charge in [0.1, 0.15) is 0 Å². The van der Waals surface area contributed by atoms with Gasteiger partial charge in [-0.15, -0.1) is 21.5 Å². The van der Waals surface area contributed by atoms with E-state index in [9.17, 15) is 4.79 Å². The lowest BCUT2D eigenvalue weighted by molar-refractivity contribution is 0.103. The van der Waals surface area contributed by atoms with Crippen LogP contribution in [0.1, 0.15) is 9.67 Å². The highest BCUT2D eigenvalue weighted by Crippen LogP contribution is 2.15. The predicted octanol–water partition coefficient (Wildman–Crippen LogP) is 1.54. The summed E-state index contributed by atoms with van der Waals surface area (Å²) >= 11 is 1.40. The highest BCUT2D eigenvalue weighted by molar-refractivity contribution is 7.12. The first kappa shape index (κ1) is 14.0. The number of nitrogens with zero attached hydrogens (tertiary/aromatic N) is 4. The zero-order valence-electron chi connectivity index (χ0n) is 11.8. The summed E-state index contributed by atoms with van der Waals surface area (Å²) in [5.41, 5.74) is 0. The normalized spacial score (nSPS) is 16.0. The highest BCUT2D eigenvalue weighted by Gasteiger charge is 2.16. The summed E-state index contributed by atoms with van der Waals surface area (Å²) in [5, 5.41) is 12.9. The molecule has 3 heterocycles. The summed E-state index contributed by atoms with van der Waals surface area (Å²) in [5.74, 6) is 1.19. The summed E-state index contributed by atoms with van der Waals surface area (Å²) in [6.07, 6.45) is 0. The van der Waals surface area contributed by atoms with E-state index in [0.717, 1.165) is 32.0 Å². The van der Waals surface area contributed by atoms with Crippen molar-refractivity contribution in [3.63, 3.8) is 0 Å². The van der Waals surface area contributed by atoms with E-state index in [1.54, 1.807) is 12.1 Å². The Morgan fingerprint density at radius 3 is 2.62 bits per heavy atom.